The smallest absolute Gasteiger partial charge is 0.327 e. The van der Waals surface area contributed by atoms with Crippen LogP contribution in [0.25, 0.3) is 0 Å². The number of alkyl halides is 1. The molecule has 3 nitrogen and oxygen atoms in total. The Morgan fingerprint density at radius 1 is 1.35 bits per heavy atom. The van der Waals surface area contributed by atoms with Crippen LogP contribution < -0.4 is 4.74 Å². The number of rotatable bonds is 4. The third-order valence-electron chi connectivity index (χ3n) is 4.12. The topological polar surface area (TPSA) is 46.5 Å². The van der Waals surface area contributed by atoms with Crippen molar-refractivity contribution in [2.24, 2.45) is 0 Å². The van der Waals surface area contributed by atoms with Gasteiger partial charge in [-0.3, -0.25) is 4.79 Å². The van der Waals surface area contributed by atoms with Crippen molar-refractivity contribution in [3.05, 3.63) is 29.8 Å². The average molecular weight is 388 g/mol. The Hall–Kier alpha value is -0.620. The molecule has 20 heavy (non-hydrogen) atoms. The number of hydrogen-bond donors (Lipinski definition) is 1. The van der Waals surface area contributed by atoms with E-state index >= 15 is 0 Å². The first kappa shape index (κ1) is 15.8. The molecule has 1 saturated carbocycles. The lowest BCUT2D eigenvalue weighted by Gasteiger charge is -2.23. The molecule has 4 heteroatoms. The SMILES string of the molecule is CCC(C)(I)C(=O)Oc1ccc(C2(O)CCCC2)cc1. The van der Waals surface area contributed by atoms with Gasteiger partial charge in [0.25, 0.3) is 0 Å². The molecule has 2 rings (SSSR count). The zero-order valence-electron chi connectivity index (χ0n) is 12.0. The summed E-state index contributed by atoms with van der Waals surface area (Å²) in [7, 11) is 0. The Morgan fingerprint density at radius 3 is 2.40 bits per heavy atom. The van der Waals surface area contributed by atoms with Gasteiger partial charge < -0.3 is 9.84 Å². The molecule has 0 heterocycles. The summed E-state index contributed by atoms with van der Waals surface area (Å²) in [5.41, 5.74) is 0.228. The molecule has 1 aromatic rings. The molecule has 1 aromatic carbocycles. The Morgan fingerprint density at radius 2 is 1.90 bits per heavy atom. The van der Waals surface area contributed by atoms with E-state index in [9.17, 15) is 9.90 Å². The van der Waals surface area contributed by atoms with E-state index < -0.39 is 9.02 Å². The van der Waals surface area contributed by atoms with E-state index in [0.29, 0.717) is 5.75 Å². The van der Waals surface area contributed by atoms with Crippen molar-refractivity contribution < 1.29 is 14.6 Å². The normalized spacial score (nSPS) is 20.4. The third kappa shape index (κ3) is 3.34. The summed E-state index contributed by atoms with van der Waals surface area (Å²) >= 11 is 2.12. The number of carbonyl (C=O) groups excluding carboxylic acids is 1. The highest BCUT2D eigenvalue weighted by atomic mass is 127. The number of aliphatic hydroxyl groups is 1. The Kier molecular flexibility index (Phi) is 4.74. The molecule has 0 radical (unpaired) electrons. The minimum absolute atomic E-state index is 0.229. The van der Waals surface area contributed by atoms with Gasteiger partial charge >= 0.3 is 5.97 Å². The molecule has 1 unspecified atom stereocenters. The first-order chi connectivity index (χ1) is 9.37. The number of benzene rings is 1. The van der Waals surface area contributed by atoms with E-state index in [1.165, 1.54) is 0 Å². The van der Waals surface area contributed by atoms with Gasteiger partial charge in [-0.2, -0.15) is 0 Å². The van der Waals surface area contributed by atoms with Crippen molar-refractivity contribution in [3.63, 3.8) is 0 Å². The zero-order valence-corrected chi connectivity index (χ0v) is 14.1. The largest absolute Gasteiger partial charge is 0.426 e. The summed E-state index contributed by atoms with van der Waals surface area (Å²) in [4.78, 5) is 12.0. The van der Waals surface area contributed by atoms with E-state index in [1.54, 1.807) is 12.1 Å². The van der Waals surface area contributed by atoms with Crippen LogP contribution in [0.4, 0.5) is 0 Å². The van der Waals surface area contributed by atoms with Crippen LogP contribution in [0.2, 0.25) is 0 Å². The summed E-state index contributed by atoms with van der Waals surface area (Å²) in [5.74, 6) is 0.310. The van der Waals surface area contributed by atoms with Gasteiger partial charge in [-0.25, -0.2) is 0 Å². The molecule has 1 atom stereocenters. The lowest BCUT2D eigenvalue weighted by Crippen LogP contribution is -2.31. The van der Waals surface area contributed by atoms with Crippen LogP contribution in [-0.2, 0) is 10.4 Å². The van der Waals surface area contributed by atoms with Crippen molar-refractivity contribution in [1.82, 2.24) is 0 Å². The monoisotopic (exact) mass is 388 g/mol. The summed E-state index contributed by atoms with van der Waals surface area (Å²) in [6.07, 6.45) is 4.49. The fraction of sp³-hybridized carbons (Fsp3) is 0.562. The second kappa shape index (κ2) is 6.02. The summed E-state index contributed by atoms with van der Waals surface area (Å²) in [6, 6.07) is 7.27. The predicted octanol–water partition coefficient (Wildman–Crippen LogP) is 3.96. The first-order valence-electron chi connectivity index (χ1n) is 7.11. The third-order valence-corrected chi connectivity index (χ3v) is 5.33. The second-order valence-corrected chi connectivity index (χ2v) is 8.08. The number of halogens is 1. The van der Waals surface area contributed by atoms with Crippen molar-refractivity contribution in [3.8, 4) is 5.75 Å². The van der Waals surface area contributed by atoms with E-state index in [1.807, 2.05) is 26.0 Å². The maximum Gasteiger partial charge on any atom is 0.327 e. The number of ether oxygens (including phenoxy) is 1. The molecule has 1 fully saturated rings. The lowest BCUT2D eigenvalue weighted by atomic mass is 9.92. The van der Waals surface area contributed by atoms with E-state index in [2.05, 4.69) is 22.6 Å². The minimum atomic E-state index is -0.691. The van der Waals surface area contributed by atoms with Gasteiger partial charge in [0.15, 0.2) is 0 Å². The lowest BCUT2D eigenvalue weighted by molar-refractivity contribution is -0.136. The van der Waals surface area contributed by atoms with Gasteiger partial charge in [-0.1, -0.05) is 54.5 Å². The molecule has 1 N–H and O–H groups in total. The molecule has 0 saturated heterocycles. The van der Waals surface area contributed by atoms with Crippen LogP contribution in [-0.4, -0.2) is 14.5 Å². The molecular weight excluding hydrogens is 367 g/mol. The Labute approximate surface area is 133 Å². The fourth-order valence-electron chi connectivity index (χ4n) is 2.44. The van der Waals surface area contributed by atoms with Crippen LogP contribution in [0.15, 0.2) is 24.3 Å². The first-order valence-corrected chi connectivity index (χ1v) is 8.19. The summed E-state index contributed by atoms with van der Waals surface area (Å²) in [6.45, 7) is 3.83. The zero-order chi connectivity index (χ0) is 14.8. The maximum absolute atomic E-state index is 12.0. The second-order valence-electron chi connectivity index (χ2n) is 5.70. The van der Waals surface area contributed by atoms with Crippen LogP contribution in [0.5, 0.6) is 5.75 Å². The average Bonchev–Trinajstić information content (AvgIpc) is 2.87. The summed E-state index contributed by atoms with van der Waals surface area (Å²) < 4.78 is 4.89. The molecule has 1 aliphatic rings. The number of esters is 1. The van der Waals surface area contributed by atoms with Crippen LogP contribution in [0.3, 0.4) is 0 Å². The highest BCUT2D eigenvalue weighted by Crippen LogP contribution is 2.39. The van der Waals surface area contributed by atoms with Gasteiger partial charge in [-0.15, -0.1) is 0 Å². The van der Waals surface area contributed by atoms with Crippen LogP contribution >= 0.6 is 22.6 Å². The van der Waals surface area contributed by atoms with Gasteiger partial charge in [0.1, 0.15) is 9.17 Å². The quantitative estimate of drug-likeness (QED) is 0.368. The Bertz CT molecular complexity index is 473. The highest BCUT2D eigenvalue weighted by Gasteiger charge is 2.33. The highest BCUT2D eigenvalue weighted by molar-refractivity contribution is 14.1. The molecular formula is C16H21IO3. The maximum atomic E-state index is 12.0. The molecule has 110 valence electrons. The van der Waals surface area contributed by atoms with Crippen molar-refractivity contribution in [2.45, 2.75) is 55.0 Å². The van der Waals surface area contributed by atoms with Crippen molar-refractivity contribution >= 4 is 28.6 Å². The van der Waals surface area contributed by atoms with Crippen LogP contribution in [0, 0.1) is 0 Å². The van der Waals surface area contributed by atoms with E-state index in [-0.39, 0.29) is 5.97 Å². The molecule has 0 amide bonds. The molecule has 0 spiro atoms. The molecule has 1 aliphatic carbocycles. The summed E-state index contributed by atoms with van der Waals surface area (Å²) in [5, 5.41) is 10.5. The van der Waals surface area contributed by atoms with Gasteiger partial charge in [0, 0.05) is 0 Å². The molecule has 0 aromatic heterocycles. The number of carbonyl (C=O) groups is 1. The predicted molar refractivity (Wildman–Crippen MR) is 87.2 cm³/mol. The van der Waals surface area contributed by atoms with E-state index in [0.717, 1.165) is 37.7 Å². The molecule has 0 aliphatic heterocycles. The molecule has 0 bridgehead atoms. The van der Waals surface area contributed by atoms with Crippen LogP contribution in [0.1, 0.15) is 51.5 Å². The minimum Gasteiger partial charge on any atom is -0.426 e. The standard InChI is InChI=1S/C16H21IO3/c1-3-15(2,17)14(18)20-13-8-6-12(7-9-13)16(19)10-4-5-11-16/h6-9,19H,3-5,10-11H2,1-2H3. The van der Waals surface area contributed by atoms with Crippen molar-refractivity contribution in [1.29, 1.82) is 0 Å². The van der Waals surface area contributed by atoms with E-state index in [4.69, 9.17) is 4.74 Å². The van der Waals surface area contributed by atoms with Gasteiger partial charge in [0.05, 0.1) is 5.60 Å². The van der Waals surface area contributed by atoms with Gasteiger partial charge in [-0.05, 0) is 43.9 Å². The van der Waals surface area contributed by atoms with Crippen molar-refractivity contribution in [2.75, 3.05) is 0 Å². The fourth-order valence-corrected chi connectivity index (χ4v) is 2.55. The number of hydrogen-bond acceptors (Lipinski definition) is 3. The van der Waals surface area contributed by atoms with Gasteiger partial charge in [0.2, 0.25) is 0 Å². The Balaban J connectivity index is 2.07.